The van der Waals surface area contributed by atoms with Crippen molar-refractivity contribution in [1.82, 2.24) is 20.2 Å². The minimum atomic E-state index is 0.460. The molecule has 1 N–H and O–H groups in total. The van der Waals surface area contributed by atoms with Crippen LogP contribution in [0.15, 0.2) is 0 Å². The summed E-state index contributed by atoms with van der Waals surface area (Å²) in [5, 5.41) is 12.9. The van der Waals surface area contributed by atoms with E-state index < -0.39 is 0 Å². The maximum atomic E-state index is 4.47. The molecule has 1 aliphatic carbocycles. The largest absolute Gasteiger partial charge is 0.326 e. The molecule has 0 spiro atoms. The maximum absolute atomic E-state index is 4.47. The van der Waals surface area contributed by atoms with E-state index in [9.17, 15) is 0 Å². The van der Waals surface area contributed by atoms with Crippen molar-refractivity contribution in [1.29, 1.82) is 0 Å². The Bertz CT molecular complexity index is 430. The van der Waals surface area contributed by atoms with Crippen molar-refractivity contribution < 1.29 is 4.90 Å². The van der Waals surface area contributed by atoms with E-state index in [4.69, 9.17) is 0 Å². The molecule has 2 fully saturated rings. The lowest BCUT2D eigenvalue weighted by Crippen LogP contribution is -3.13. The van der Waals surface area contributed by atoms with Crippen LogP contribution >= 0.6 is 0 Å². The molecule has 1 aromatic rings. The molecule has 118 valence electrons. The number of hydrogen-bond acceptors (Lipinski definition) is 3. The molecule has 5 nitrogen and oxygen atoms in total. The molecule has 0 aromatic carbocycles. The van der Waals surface area contributed by atoms with Crippen molar-refractivity contribution in [2.75, 3.05) is 13.1 Å². The van der Waals surface area contributed by atoms with Crippen LogP contribution in [0.1, 0.15) is 83.1 Å². The van der Waals surface area contributed by atoms with E-state index in [0.717, 1.165) is 5.82 Å². The van der Waals surface area contributed by atoms with Crippen molar-refractivity contribution >= 4 is 0 Å². The number of nitrogens with one attached hydrogen (secondary N) is 1. The first kappa shape index (κ1) is 14.9. The van der Waals surface area contributed by atoms with E-state index in [1.165, 1.54) is 64.5 Å². The van der Waals surface area contributed by atoms with Gasteiger partial charge in [-0.2, -0.15) is 0 Å². The van der Waals surface area contributed by atoms with Crippen molar-refractivity contribution in [3.63, 3.8) is 0 Å². The second-order valence-electron chi connectivity index (χ2n) is 7.21. The Hall–Kier alpha value is -0.970. The number of tetrazole rings is 1. The van der Waals surface area contributed by atoms with E-state index in [1.54, 1.807) is 4.90 Å². The van der Waals surface area contributed by atoms with Gasteiger partial charge in [-0.3, -0.25) is 0 Å². The van der Waals surface area contributed by atoms with Crippen LogP contribution in [0.5, 0.6) is 0 Å². The third-order valence-corrected chi connectivity index (χ3v) is 5.32. The van der Waals surface area contributed by atoms with Gasteiger partial charge in [-0.05, 0) is 42.5 Å². The minimum Gasteiger partial charge on any atom is -0.326 e. The van der Waals surface area contributed by atoms with Crippen molar-refractivity contribution in [2.45, 2.75) is 77.3 Å². The van der Waals surface area contributed by atoms with E-state index in [2.05, 4.69) is 34.1 Å². The fourth-order valence-electron chi connectivity index (χ4n) is 4.26. The van der Waals surface area contributed by atoms with Crippen LogP contribution in [0.2, 0.25) is 0 Å². The molecule has 2 aliphatic rings. The molecule has 3 rings (SSSR count). The summed E-state index contributed by atoms with van der Waals surface area (Å²) < 4.78 is 2.19. The van der Waals surface area contributed by atoms with Crippen LogP contribution in [-0.4, -0.2) is 33.3 Å². The van der Waals surface area contributed by atoms with Crippen LogP contribution < -0.4 is 4.90 Å². The first-order valence-electron chi connectivity index (χ1n) is 8.89. The smallest absolute Gasteiger partial charge is 0.209 e. The number of rotatable bonds is 4. The SMILES string of the molecule is CC(C)[C@@H](c1nnnn1C1CCCCC1)[NH+]1CCCCC1. The lowest BCUT2D eigenvalue weighted by molar-refractivity contribution is -0.940. The molecular weight excluding hydrogens is 262 g/mol. The summed E-state index contributed by atoms with van der Waals surface area (Å²) in [4.78, 5) is 1.70. The van der Waals surface area contributed by atoms with Gasteiger partial charge in [0.1, 0.15) is 0 Å². The summed E-state index contributed by atoms with van der Waals surface area (Å²) in [5.41, 5.74) is 0. The Kier molecular flexibility index (Phi) is 4.88. The molecule has 2 heterocycles. The van der Waals surface area contributed by atoms with Crippen molar-refractivity contribution in [2.24, 2.45) is 5.92 Å². The van der Waals surface area contributed by atoms with Gasteiger partial charge in [0, 0.05) is 5.92 Å². The second-order valence-corrected chi connectivity index (χ2v) is 7.21. The Balaban J connectivity index is 1.83. The highest BCUT2D eigenvalue weighted by atomic mass is 15.6. The third kappa shape index (κ3) is 3.28. The van der Waals surface area contributed by atoms with Crippen LogP contribution in [0.3, 0.4) is 0 Å². The summed E-state index contributed by atoms with van der Waals surface area (Å²) >= 11 is 0. The number of aromatic nitrogens is 4. The fraction of sp³-hybridized carbons (Fsp3) is 0.938. The van der Waals surface area contributed by atoms with Gasteiger partial charge < -0.3 is 4.90 Å². The Labute approximate surface area is 128 Å². The van der Waals surface area contributed by atoms with E-state index in [1.807, 2.05) is 0 Å². The zero-order valence-corrected chi connectivity index (χ0v) is 13.6. The maximum Gasteiger partial charge on any atom is 0.209 e. The zero-order valence-electron chi connectivity index (χ0n) is 13.6. The second kappa shape index (κ2) is 6.86. The standard InChI is InChI=1S/C16H29N5/c1-13(2)15(20-11-7-4-8-12-20)16-17-18-19-21(16)14-9-5-3-6-10-14/h13-15H,3-12H2,1-2H3/p+1/t15-/m0/s1. The molecule has 21 heavy (non-hydrogen) atoms. The molecule has 1 saturated heterocycles. The highest BCUT2D eigenvalue weighted by Crippen LogP contribution is 2.30. The van der Waals surface area contributed by atoms with E-state index in [0.29, 0.717) is 18.0 Å². The number of piperidine rings is 1. The van der Waals surface area contributed by atoms with Crippen molar-refractivity contribution in [3.8, 4) is 0 Å². The van der Waals surface area contributed by atoms with E-state index in [-0.39, 0.29) is 0 Å². The Morgan fingerprint density at radius 3 is 2.33 bits per heavy atom. The molecule has 0 unspecified atom stereocenters. The van der Waals surface area contributed by atoms with Crippen LogP contribution in [-0.2, 0) is 0 Å². The van der Waals surface area contributed by atoms with Gasteiger partial charge in [0.2, 0.25) is 5.82 Å². The molecule has 0 amide bonds. The number of hydrogen-bond donors (Lipinski definition) is 1. The van der Waals surface area contributed by atoms with Gasteiger partial charge in [-0.25, -0.2) is 4.68 Å². The lowest BCUT2D eigenvalue weighted by Gasteiger charge is -2.34. The van der Waals surface area contributed by atoms with Crippen LogP contribution in [0, 0.1) is 5.92 Å². The quantitative estimate of drug-likeness (QED) is 0.922. The molecule has 1 atom stereocenters. The van der Waals surface area contributed by atoms with Gasteiger partial charge in [0.15, 0.2) is 6.04 Å². The topological polar surface area (TPSA) is 48.0 Å². The first-order valence-corrected chi connectivity index (χ1v) is 8.89. The van der Waals surface area contributed by atoms with Gasteiger partial charge in [0.25, 0.3) is 0 Å². The fourth-order valence-corrected chi connectivity index (χ4v) is 4.26. The molecular formula is C16H30N5+. The molecule has 1 aliphatic heterocycles. The minimum absolute atomic E-state index is 0.460. The highest BCUT2D eigenvalue weighted by Gasteiger charge is 2.35. The highest BCUT2D eigenvalue weighted by molar-refractivity contribution is 4.92. The lowest BCUT2D eigenvalue weighted by atomic mass is 9.94. The summed E-state index contributed by atoms with van der Waals surface area (Å²) in [6.07, 6.45) is 10.6. The summed E-state index contributed by atoms with van der Waals surface area (Å²) in [7, 11) is 0. The molecule has 0 bridgehead atoms. The number of quaternary nitrogens is 1. The Morgan fingerprint density at radius 2 is 1.67 bits per heavy atom. The van der Waals surface area contributed by atoms with Gasteiger partial charge in [-0.1, -0.05) is 33.1 Å². The monoisotopic (exact) mass is 292 g/mol. The van der Waals surface area contributed by atoms with Gasteiger partial charge in [0.05, 0.1) is 19.1 Å². The predicted octanol–water partition coefficient (Wildman–Crippen LogP) is 1.94. The predicted molar refractivity (Wildman–Crippen MR) is 82.1 cm³/mol. The normalized spacial score (nSPS) is 23.6. The summed E-state index contributed by atoms with van der Waals surface area (Å²) in [6, 6.07) is 0.997. The zero-order chi connectivity index (χ0) is 14.7. The molecule has 1 saturated carbocycles. The van der Waals surface area contributed by atoms with Gasteiger partial charge in [-0.15, -0.1) is 5.10 Å². The average molecular weight is 292 g/mol. The number of nitrogens with zero attached hydrogens (tertiary/aromatic N) is 4. The summed E-state index contributed by atoms with van der Waals surface area (Å²) in [5.74, 6) is 1.74. The van der Waals surface area contributed by atoms with Crippen LogP contribution in [0.25, 0.3) is 0 Å². The molecule has 1 aromatic heterocycles. The average Bonchev–Trinajstić information content (AvgIpc) is 2.98. The van der Waals surface area contributed by atoms with E-state index >= 15 is 0 Å². The first-order chi connectivity index (χ1) is 10.3. The molecule has 0 radical (unpaired) electrons. The summed E-state index contributed by atoms with van der Waals surface area (Å²) in [6.45, 7) is 7.21. The number of likely N-dealkylation sites (tertiary alicyclic amines) is 1. The van der Waals surface area contributed by atoms with Crippen LogP contribution in [0.4, 0.5) is 0 Å². The Morgan fingerprint density at radius 1 is 1.00 bits per heavy atom. The molecule has 5 heteroatoms. The van der Waals surface area contributed by atoms with Gasteiger partial charge >= 0.3 is 0 Å². The third-order valence-electron chi connectivity index (χ3n) is 5.32. The van der Waals surface area contributed by atoms with Crippen molar-refractivity contribution in [3.05, 3.63) is 5.82 Å².